The van der Waals surface area contributed by atoms with Crippen molar-refractivity contribution in [2.75, 3.05) is 6.54 Å². The van der Waals surface area contributed by atoms with Crippen molar-refractivity contribution >= 4 is 21.1 Å². The summed E-state index contributed by atoms with van der Waals surface area (Å²) >= 11 is 0.110. The third-order valence-electron chi connectivity index (χ3n) is 0.631. The van der Waals surface area contributed by atoms with Crippen LogP contribution in [0, 0.1) is 0 Å². The molecule has 2 N–H and O–H groups in total. The molecule has 0 atom stereocenters. The molecule has 0 fully saturated rings. The summed E-state index contributed by atoms with van der Waals surface area (Å²) in [4.78, 5) is 2.35. The molecule has 0 aliphatic heterocycles. The summed E-state index contributed by atoms with van der Waals surface area (Å²) in [6.07, 6.45) is 1.27. The SMILES string of the molecule is [Br-].[Br-].[CH3][Sn+2][CH2]CCN. The molecule has 0 aromatic carbocycles. The van der Waals surface area contributed by atoms with Crippen molar-refractivity contribution in [2.24, 2.45) is 5.73 Å². The molecule has 0 heterocycles. The van der Waals surface area contributed by atoms with Crippen LogP contribution in [-0.2, 0) is 0 Å². The molecule has 8 heavy (non-hydrogen) atoms. The van der Waals surface area contributed by atoms with Gasteiger partial charge in [-0.2, -0.15) is 0 Å². The van der Waals surface area contributed by atoms with Crippen LogP contribution in [-0.4, -0.2) is 27.7 Å². The van der Waals surface area contributed by atoms with E-state index < -0.39 is 0 Å². The molecule has 0 amide bonds. The Hall–Kier alpha value is 1.72. The van der Waals surface area contributed by atoms with E-state index >= 15 is 0 Å². The van der Waals surface area contributed by atoms with Crippen molar-refractivity contribution in [1.29, 1.82) is 0 Å². The van der Waals surface area contributed by atoms with Crippen molar-refractivity contribution in [2.45, 2.75) is 15.8 Å². The van der Waals surface area contributed by atoms with Gasteiger partial charge in [0.15, 0.2) is 0 Å². The molecule has 0 unspecified atom stereocenters. The molecule has 0 bridgehead atoms. The van der Waals surface area contributed by atoms with E-state index in [0.29, 0.717) is 0 Å². The predicted molar refractivity (Wildman–Crippen MR) is 30.1 cm³/mol. The molecule has 0 aliphatic rings. The Morgan fingerprint density at radius 1 is 1.38 bits per heavy atom. The Labute approximate surface area is 82.5 Å². The summed E-state index contributed by atoms with van der Waals surface area (Å²) in [6.45, 7) is 0.898. The first-order valence-corrected chi connectivity index (χ1v) is 7.13. The molecule has 50 valence electrons. The van der Waals surface area contributed by atoms with Crippen LogP contribution in [0.5, 0.6) is 0 Å². The molecule has 1 nitrogen and oxygen atoms in total. The van der Waals surface area contributed by atoms with Gasteiger partial charge in [-0.25, -0.2) is 0 Å². The average Bonchev–Trinajstić information content (AvgIpc) is 1.61. The minimum atomic E-state index is 0. The molecular weight excluding hydrogens is 341 g/mol. The van der Waals surface area contributed by atoms with Crippen LogP contribution < -0.4 is 39.7 Å². The fraction of sp³-hybridized carbons (Fsp3) is 1.00. The zero-order valence-corrected chi connectivity index (χ0v) is 11.0. The summed E-state index contributed by atoms with van der Waals surface area (Å²) in [6, 6.07) is 0. The summed E-state index contributed by atoms with van der Waals surface area (Å²) in [5.74, 6) is 0. The van der Waals surface area contributed by atoms with E-state index in [1.165, 1.54) is 10.9 Å². The number of rotatable bonds is 3. The van der Waals surface area contributed by atoms with E-state index in [-0.39, 0.29) is 55.1 Å². The summed E-state index contributed by atoms with van der Waals surface area (Å²) in [5, 5.41) is 0. The van der Waals surface area contributed by atoms with Crippen LogP contribution in [0.1, 0.15) is 6.42 Å². The van der Waals surface area contributed by atoms with Crippen LogP contribution in [0.3, 0.4) is 0 Å². The first kappa shape index (κ1) is 16.4. The molecule has 0 saturated carbocycles. The quantitative estimate of drug-likeness (QED) is 0.399. The van der Waals surface area contributed by atoms with Gasteiger partial charge in [0.1, 0.15) is 0 Å². The molecule has 0 aromatic rings. The van der Waals surface area contributed by atoms with Gasteiger partial charge in [-0.3, -0.25) is 0 Å². The summed E-state index contributed by atoms with van der Waals surface area (Å²) < 4.78 is 1.46. The Morgan fingerprint density at radius 2 is 1.88 bits per heavy atom. The minimum absolute atomic E-state index is 0. The second-order valence-corrected chi connectivity index (χ2v) is 4.69. The monoisotopic (exact) mass is 351 g/mol. The molecule has 0 aliphatic carbocycles. The fourth-order valence-electron chi connectivity index (χ4n) is 0.279. The van der Waals surface area contributed by atoms with Crippen molar-refractivity contribution < 1.29 is 34.0 Å². The average molecular weight is 352 g/mol. The molecule has 0 rings (SSSR count). The van der Waals surface area contributed by atoms with E-state index in [1.807, 2.05) is 0 Å². The van der Waals surface area contributed by atoms with E-state index in [9.17, 15) is 0 Å². The summed E-state index contributed by atoms with van der Waals surface area (Å²) in [5.41, 5.74) is 5.24. The number of halogens is 2. The summed E-state index contributed by atoms with van der Waals surface area (Å²) in [7, 11) is 0. The second-order valence-electron chi connectivity index (χ2n) is 1.25. The molecule has 0 radical (unpaired) electrons. The van der Waals surface area contributed by atoms with Gasteiger partial charge in [0.05, 0.1) is 0 Å². The van der Waals surface area contributed by atoms with Crippen LogP contribution in [0.2, 0.25) is 9.38 Å². The van der Waals surface area contributed by atoms with Gasteiger partial charge in [0, 0.05) is 0 Å². The van der Waals surface area contributed by atoms with Gasteiger partial charge >= 0.3 is 49.2 Å². The van der Waals surface area contributed by atoms with E-state index in [1.54, 1.807) is 0 Å². The first-order valence-electron chi connectivity index (χ1n) is 2.26. The molecule has 0 aromatic heterocycles. The Balaban J connectivity index is -0.000000125. The maximum atomic E-state index is 5.24. The van der Waals surface area contributed by atoms with Crippen molar-refractivity contribution in [1.82, 2.24) is 0 Å². The second kappa shape index (κ2) is 15.9. The Kier molecular flexibility index (Phi) is 32.5. The number of nitrogens with two attached hydrogens (primary N) is 1. The zero-order valence-electron chi connectivity index (χ0n) is 4.95. The van der Waals surface area contributed by atoms with Crippen LogP contribution >= 0.6 is 0 Å². The Morgan fingerprint density at radius 3 is 2.00 bits per heavy atom. The van der Waals surface area contributed by atoms with E-state index in [0.717, 1.165) is 6.54 Å². The predicted octanol–water partition coefficient (Wildman–Crippen LogP) is -5.49. The van der Waals surface area contributed by atoms with Crippen molar-refractivity contribution in [3.8, 4) is 0 Å². The van der Waals surface area contributed by atoms with Crippen LogP contribution in [0.4, 0.5) is 0 Å². The first-order chi connectivity index (χ1) is 2.91. The van der Waals surface area contributed by atoms with E-state index in [4.69, 9.17) is 5.73 Å². The van der Waals surface area contributed by atoms with Crippen molar-refractivity contribution in [3.05, 3.63) is 0 Å². The van der Waals surface area contributed by atoms with Crippen LogP contribution in [0.25, 0.3) is 0 Å². The van der Waals surface area contributed by atoms with Crippen molar-refractivity contribution in [3.63, 3.8) is 0 Å². The van der Waals surface area contributed by atoms with Crippen LogP contribution in [0.15, 0.2) is 0 Å². The van der Waals surface area contributed by atoms with Gasteiger partial charge in [-0.15, -0.1) is 0 Å². The third-order valence-corrected chi connectivity index (χ3v) is 3.07. The normalized spacial score (nSPS) is 5.75. The van der Waals surface area contributed by atoms with E-state index in [2.05, 4.69) is 4.94 Å². The zero-order chi connectivity index (χ0) is 4.83. The van der Waals surface area contributed by atoms with Gasteiger partial charge in [-0.1, -0.05) is 0 Å². The molecular formula is C4H11Br2NSn. The number of hydrogen-bond donors (Lipinski definition) is 1. The van der Waals surface area contributed by atoms with Gasteiger partial charge in [0.2, 0.25) is 0 Å². The molecule has 4 heteroatoms. The maximum absolute atomic E-state index is 5.24. The standard InChI is InChI=1S/C3H8N.CH3.2BrH.Sn/c1-2-3-4;;;;/h1-4H2;1H3;2*1H;/q;;;;+2/p-2. The van der Waals surface area contributed by atoms with Gasteiger partial charge < -0.3 is 34.0 Å². The van der Waals surface area contributed by atoms with Gasteiger partial charge in [0.25, 0.3) is 0 Å². The fourth-order valence-corrected chi connectivity index (χ4v) is 1.87. The third kappa shape index (κ3) is 15.6. The molecule has 0 saturated heterocycles. The topological polar surface area (TPSA) is 26.0 Å². The molecule has 0 spiro atoms. The Bertz CT molecular complexity index is 26.0. The number of hydrogen-bond acceptors (Lipinski definition) is 1. The van der Waals surface area contributed by atoms with Gasteiger partial charge in [-0.05, 0) is 0 Å².